The average Bonchev–Trinajstić information content (AvgIpc) is 3.49. The zero-order valence-electron chi connectivity index (χ0n) is 17.1. The van der Waals surface area contributed by atoms with E-state index in [9.17, 15) is 17.6 Å². The summed E-state index contributed by atoms with van der Waals surface area (Å²) in [6, 6.07) is 12.4. The summed E-state index contributed by atoms with van der Waals surface area (Å²) in [5, 5.41) is 2.94. The maximum atomic E-state index is 13.6. The second kappa shape index (κ2) is 8.47. The highest BCUT2D eigenvalue weighted by atomic mass is 32.2. The maximum absolute atomic E-state index is 13.6. The van der Waals surface area contributed by atoms with Crippen molar-refractivity contribution < 1.29 is 17.6 Å². The molecule has 2 unspecified atom stereocenters. The van der Waals surface area contributed by atoms with Gasteiger partial charge in [0.15, 0.2) is 0 Å². The molecule has 0 aromatic heterocycles. The number of rotatable bonds is 7. The van der Waals surface area contributed by atoms with Crippen LogP contribution in [0.1, 0.15) is 49.3 Å². The summed E-state index contributed by atoms with van der Waals surface area (Å²) in [7, 11) is -3.74. The summed E-state index contributed by atoms with van der Waals surface area (Å²) in [6.07, 6.45) is 3.80. The summed E-state index contributed by atoms with van der Waals surface area (Å²) in [5.41, 5.74) is 1.78. The molecule has 160 valence electrons. The van der Waals surface area contributed by atoms with Gasteiger partial charge in [-0.25, -0.2) is 12.8 Å². The van der Waals surface area contributed by atoms with E-state index in [0.29, 0.717) is 25.8 Å². The van der Waals surface area contributed by atoms with E-state index >= 15 is 0 Å². The minimum absolute atomic E-state index is 0.0658. The Kier molecular flexibility index (Phi) is 5.93. The summed E-state index contributed by atoms with van der Waals surface area (Å²) < 4.78 is 42.2. The number of amides is 1. The number of carbonyl (C=O) groups excluding carboxylic acids is 1. The van der Waals surface area contributed by atoms with Crippen LogP contribution in [-0.4, -0.2) is 31.2 Å². The zero-order chi connectivity index (χ0) is 21.3. The number of halogens is 1. The van der Waals surface area contributed by atoms with Gasteiger partial charge in [0.25, 0.3) is 0 Å². The molecule has 1 aliphatic carbocycles. The van der Waals surface area contributed by atoms with Crippen molar-refractivity contribution in [1.82, 2.24) is 9.62 Å². The fraction of sp³-hybridized carbons (Fsp3) is 0.435. The second-order valence-electron chi connectivity index (χ2n) is 8.30. The van der Waals surface area contributed by atoms with Gasteiger partial charge < -0.3 is 5.32 Å². The summed E-state index contributed by atoms with van der Waals surface area (Å²) >= 11 is 0. The maximum Gasteiger partial charge on any atom is 0.243 e. The molecule has 2 aromatic carbocycles. The van der Waals surface area contributed by atoms with E-state index in [-0.39, 0.29) is 34.6 Å². The molecule has 2 fully saturated rings. The molecular weight excluding hydrogens is 403 g/mol. The molecule has 7 heteroatoms. The minimum atomic E-state index is -3.74. The van der Waals surface area contributed by atoms with Gasteiger partial charge in [0.05, 0.1) is 10.9 Å². The van der Waals surface area contributed by atoms with Crippen LogP contribution in [0.25, 0.3) is 0 Å². The first kappa shape index (κ1) is 21.0. The average molecular weight is 431 g/mol. The van der Waals surface area contributed by atoms with Crippen LogP contribution < -0.4 is 5.32 Å². The molecule has 0 bridgehead atoms. The van der Waals surface area contributed by atoms with E-state index in [0.717, 1.165) is 24.0 Å². The van der Waals surface area contributed by atoms with Gasteiger partial charge in [-0.05, 0) is 68.9 Å². The van der Waals surface area contributed by atoms with Crippen LogP contribution in [0.3, 0.4) is 0 Å². The number of benzene rings is 2. The summed E-state index contributed by atoms with van der Waals surface area (Å²) in [5.74, 6) is -0.145. The molecule has 1 heterocycles. The monoisotopic (exact) mass is 430 g/mol. The topological polar surface area (TPSA) is 66.5 Å². The highest BCUT2D eigenvalue weighted by Gasteiger charge is 2.42. The standard InChI is InChI=1S/C23H27FN2O3S/c1-16-2-11-21(12-3-16)30(28,29)26-20(14-15-25-23(27)18-4-5-18)10-13-22(26)17-6-8-19(24)9-7-17/h2-3,6-9,11-12,18,20,22H,4-5,10,13-15H2,1H3,(H,25,27). The van der Waals surface area contributed by atoms with E-state index in [1.165, 1.54) is 12.1 Å². The molecule has 30 heavy (non-hydrogen) atoms. The molecule has 2 aromatic rings. The minimum Gasteiger partial charge on any atom is -0.356 e. The zero-order valence-corrected chi connectivity index (χ0v) is 17.9. The lowest BCUT2D eigenvalue weighted by atomic mass is 10.1. The number of nitrogens with one attached hydrogen (secondary N) is 1. The molecule has 1 saturated carbocycles. The van der Waals surface area contributed by atoms with Crippen LogP contribution in [0.4, 0.5) is 4.39 Å². The Morgan fingerprint density at radius 3 is 2.33 bits per heavy atom. The normalized spacial score (nSPS) is 22.2. The van der Waals surface area contributed by atoms with Gasteiger partial charge in [0, 0.05) is 18.5 Å². The lowest BCUT2D eigenvalue weighted by Crippen LogP contribution is -2.39. The van der Waals surface area contributed by atoms with Gasteiger partial charge in [-0.1, -0.05) is 29.8 Å². The van der Waals surface area contributed by atoms with E-state index in [1.807, 2.05) is 6.92 Å². The fourth-order valence-corrected chi connectivity index (χ4v) is 6.07. The van der Waals surface area contributed by atoms with Crippen LogP contribution in [-0.2, 0) is 14.8 Å². The number of carbonyl (C=O) groups is 1. The highest BCUT2D eigenvalue weighted by molar-refractivity contribution is 7.89. The summed E-state index contributed by atoms with van der Waals surface area (Å²) in [4.78, 5) is 12.2. The highest BCUT2D eigenvalue weighted by Crippen LogP contribution is 2.41. The van der Waals surface area contributed by atoms with Crippen LogP contribution in [0.5, 0.6) is 0 Å². The smallest absolute Gasteiger partial charge is 0.243 e. The van der Waals surface area contributed by atoms with Gasteiger partial charge in [0.2, 0.25) is 15.9 Å². The third-order valence-corrected chi connectivity index (χ3v) is 7.99. The van der Waals surface area contributed by atoms with E-state index in [2.05, 4.69) is 5.32 Å². The van der Waals surface area contributed by atoms with Gasteiger partial charge in [-0.3, -0.25) is 4.79 Å². The van der Waals surface area contributed by atoms with Crippen molar-refractivity contribution in [3.05, 3.63) is 65.5 Å². The Labute approximate surface area is 177 Å². The molecule has 2 atom stereocenters. The van der Waals surface area contributed by atoms with Crippen LogP contribution in [0, 0.1) is 18.7 Å². The predicted molar refractivity (Wildman–Crippen MR) is 113 cm³/mol. The van der Waals surface area contributed by atoms with Crippen molar-refractivity contribution >= 4 is 15.9 Å². The Balaban J connectivity index is 1.59. The van der Waals surface area contributed by atoms with Crippen LogP contribution in [0.15, 0.2) is 53.4 Å². The third kappa shape index (κ3) is 4.42. The van der Waals surface area contributed by atoms with E-state index in [1.54, 1.807) is 40.7 Å². The SMILES string of the molecule is Cc1ccc(S(=O)(=O)N2C(CCNC(=O)C3CC3)CCC2c2ccc(F)cc2)cc1. The molecule has 4 rings (SSSR count). The van der Waals surface area contributed by atoms with E-state index in [4.69, 9.17) is 0 Å². The third-order valence-electron chi connectivity index (χ3n) is 6.02. The van der Waals surface area contributed by atoms with Crippen molar-refractivity contribution in [3.8, 4) is 0 Å². The first-order valence-corrected chi connectivity index (χ1v) is 11.9. The van der Waals surface area contributed by atoms with Crippen molar-refractivity contribution in [2.75, 3.05) is 6.54 Å². The van der Waals surface area contributed by atoms with Crippen molar-refractivity contribution in [2.45, 2.75) is 56.0 Å². The van der Waals surface area contributed by atoms with Gasteiger partial charge in [-0.2, -0.15) is 4.31 Å². The number of hydrogen-bond acceptors (Lipinski definition) is 3. The Morgan fingerprint density at radius 2 is 1.70 bits per heavy atom. The van der Waals surface area contributed by atoms with E-state index < -0.39 is 10.0 Å². The lowest BCUT2D eigenvalue weighted by molar-refractivity contribution is -0.122. The Morgan fingerprint density at radius 1 is 1.03 bits per heavy atom. The molecule has 1 N–H and O–H groups in total. The lowest BCUT2D eigenvalue weighted by Gasteiger charge is -2.30. The number of aryl methyl sites for hydroxylation is 1. The van der Waals surface area contributed by atoms with Gasteiger partial charge in [-0.15, -0.1) is 0 Å². The Bertz CT molecular complexity index is 1000. The largest absolute Gasteiger partial charge is 0.356 e. The molecule has 1 saturated heterocycles. The molecule has 5 nitrogen and oxygen atoms in total. The fourth-order valence-electron chi connectivity index (χ4n) is 4.18. The Hall–Kier alpha value is -2.25. The number of nitrogens with zero attached hydrogens (tertiary/aromatic N) is 1. The first-order valence-electron chi connectivity index (χ1n) is 10.5. The number of hydrogen-bond donors (Lipinski definition) is 1. The molecule has 2 aliphatic rings. The molecule has 0 spiro atoms. The second-order valence-corrected chi connectivity index (χ2v) is 10.1. The van der Waals surface area contributed by atoms with Crippen molar-refractivity contribution in [2.24, 2.45) is 5.92 Å². The summed E-state index contributed by atoms with van der Waals surface area (Å²) in [6.45, 7) is 2.37. The van der Waals surface area contributed by atoms with Crippen LogP contribution in [0.2, 0.25) is 0 Å². The molecule has 1 aliphatic heterocycles. The van der Waals surface area contributed by atoms with Gasteiger partial charge in [0.1, 0.15) is 5.82 Å². The first-order chi connectivity index (χ1) is 14.4. The molecule has 1 amide bonds. The van der Waals surface area contributed by atoms with Crippen molar-refractivity contribution in [3.63, 3.8) is 0 Å². The predicted octanol–water partition coefficient (Wildman–Crippen LogP) is 3.94. The van der Waals surface area contributed by atoms with Gasteiger partial charge >= 0.3 is 0 Å². The number of sulfonamides is 1. The molecular formula is C23H27FN2O3S. The quantitative estimate of drug-likeness (QED) is 0.723. The molecule has 0 radical (unpaired) electrons. The van der Waals surface area contributed by atoms with Crippen LogP contribution >= 0.6 is 0 Å². The van der Waals surface area contributed by atoms with Crippen molar-refractivity contribution in [1.29, 1.82) is 0 Å².